The van der Waals surface area contributed by atoms with Crippen LogP contribution in [0.1, 0.15) is 18.1 Å². The number of hydrogen-bond donors (Lipinski definition) is 1. The molecule has 0 aliphatic heterocycles. The van der Waals surface area contributed by atoms with E-state index in [1.165, 1.54) is 27.9 Å². The Morgan fingerprint density at radius 3 is 2.71 bits per heavy atom. The number of nitriles is 1. The molecule has 4 aromatic rings. The predicted octanol–water partition coefficient (Wildman–Crippen LogP) is 3.11. The van der Waals surface area contributed by atoms with Gasteiger partial charge in [-0.1, -0.05) is 36.9 Å². The Kier molecular flexibility index (Phi) is 5.82. The van der Waals surface area contributed by atoms with Crippen LogP contribution in [0.5, 0.6) is 0 Å². The first-order valence-corrected chi connectivity index (χ1v) is 10.4. The van der Waals surface area contributed by atoms with E-state index in [4.69, 9.17) is 5.26 Å². The zero-order valence-electron chi connectivity index (χ0n) is 16.6. The minimum atomic E-state index is -0.419. The molecule has 2 heterocycles. The molecule has 9 heteroatoms. The summed E-state index contributed by atoms with van der Waals surface area (Å²) in [4.78, 5) is 30.6. The molecule has 0 bridgehead atoms. The first-order chi connectivity index (χ1) is 15.1. The van der Waals surface area contributed by atoms with Crippen LogP contribution in [-0.2, 0) is 17.8 Å². The molecule has 0 saturated carbocycles. The highest BCUT2D eigenvalue weighted by molar-refractivity contribution is 7.99. The van der Waals surface area contributed by atoms with Gasteiger partial charge < -0.3 is 5.32 Å². The van der Waals surface area contributed by atoms with E-state index in [0.29, 0.717) is 21.9 Å². The molecular weight excluding hydrogens is 412 g/mol. The fourth-order valence-electron chi connectivity index (χ4n) is 3.07. The summed E-state index contributed by atoms with van der Waals surface area (Å²) in [6.07, 6.45) is 3.96. The maximum atomic E-state index is 12.7. The van der Waals surface area contributed by atoms with Crippen LogP contribution in [0.3, 0.4) is 0 Å². The summed E-state index contributed by atoms with van der Waals surface area (Å²) in [5.41, 5.74) is 2.19. The van der Waals surface area contributed by atoms with E-state index in [2.05, 4.69) is 28.4 Å². The zero-order chi connectivity index (χ0) is 21.8. The number of carbonyl (C=O) groups is 1. The van der Waals surface area contributed by atoms with Crippen molar-refractivity contribution in [3.8, 4) is 6.07 Å². The molecule has 0 saturated heterocycles. The number of rotatable bonds is 6. The first kappa shape index (κ1) is 20.4. The topological polar surface area (TPSA) is 105 Å². The van der Waals surface area contributed by atoms with E-state index in [1.807, 2.05) is 24.3 Å². The molecule has 0 unspecified atom stereocenters. The average Bonchev–Trinajstić information content (AvgIpc) is 3.11. The van der Waals surface area contributed by atoms with Gasteiger partial charge in [-0.2, -0.15) is 5.26 Å². The lowest BCUT2D eigenvalue weighted by atomic mass is 10.2. The van der Waals surface area contributed by atoms with Gasteiger partial charge in [-0.15, -0.1) is 5.10 Å². The van der Waals surface area contributed by atoms with Crippen LogP contribution in [0.2, 0.25) is 0 Å². The Balaban J connectivity index is 1.59. The van der Waals surface area contributed by atoms with E-state index in [-0.39, 0.29) is 6.54 Å². The number of aryl methyl sites for hydroxylation is 1. The van der Waals surface area contributed by atoms with E-state index in [1.54, 1.807) is 30.5 Å². The molecule has 2 aromatic heterocycles. The summed E-state index contributed by atoms with van der Waals surface area (Å²) in [7, 11) is 0. The van der Waals surface area contributed by atoms with E-state index >= 15 is 0 Å². The molecule has 31 heavy (non-hydrogen) atoms. The second-order valence-electron chi connectivity index (χ2n) is 6.67. The highest BCUT2D eigenvalue weighted by Crippen LogP contribution is 2.31. The van der Waals surface area contributed by atoms with Crippen LogP contribution in [0, 0.1) is 11.3 Å². The van der Waals surface area contributed by atoms with Crippen molar-refractivity contribution in [2.24, 2.45) is 0 Å². The summed E-state index contributed by atoms with van der Waals surface area (Å²) < 4.78 is 2.50. The third kappa shape index (κ3) is 4.34. The van der Waals surface area contributed by atoms with Crippen molar-refractivity contribution >= 4 is 29.0 Å². The SMILES string of the molecule is CCc1ccccc1Sc1nccn2c(=O)n(CC(=O)Nc3ccc(C#N)cc3)nc12. The van der Waals surface area contributed by atoms with Crippen molar-refractivity contribution < 1.29 is 4.79 Å². The molecule has 0 spiro atoms. The number of fused-ring (bicyclic) bond motifs is 1. The lowest BCUT2D eigenvalue weighted by Crippen LogP contribution is -2.28. The van der Waals surface area contributed by atoms with Crippen LogP contribution >= 0.6 is 11.8 Å². The quantitative estimate of drug-likeness (QED) is 0.504. The van der Waals surface area contributed by atoms with Crippen molar-refractivity contribution in [1.29, 1.82) is 5.26 Å². The standard InChI is InChI=1S/C22H18N6O2S/c1-2-16-5-3-4-6-18(16)31-21-20-26-28(22(30)27(20)12-11-24-21)14-19(29)25-17-9-7-15(13-23)8-10-17/h3-12H,2,14H2,1H3,(H,25,29). The summed E-state index contributed by atoms with van der Waals surface area (Å²) in [5, 5.41) is 16.5. The Morgan fingerprint density at radius 1 is 1.19 bits per heavy atom. The van der Waals surface area contributed by atoms with Crippen LogP contribution in [0.15, 0.2) is 75.6 Å². The molecule has 154 valence electrons. The summed E-state index contributed by atoms with van der Waals surface area (Å²) in [6.45, 7) is 1.84. The predicted molar refractivity (Wildman–Crippen MR) is 117 cm³/mol. The molecule has 0 aliphatic rings. The van der Waals surface area contributed by atoms with Gasteiger partial charge in [0, 0.05) is 23.0 Å². The number of aromatic nitrogens is 4. The Hall–Kier alpha value is -3.90. The zero-order valence-corrected chi connectivity index (χ0v) is 17.5. The van der Waals surface area contributed by atoms with Crippen molar-refractivity contribution in [2.75, 3.05) is 5.32 Å². The minimum absolute atomic E-state index is 0.240. The maximum Gasteiger partial charge on any atom is 0.350 e. The lowest BCUT2D eigenvalue weighted by Gasteiger charge is -2.06. The number of amides is 1. The van der Waals surface area contributed by atoms with Crippen molar-refractivity contribution in [2.45, 2.75) is 29.8 Å². The highest BCUT2D eigenvalue weighted by Gasteiger charge is 2.16. The molecule has 0 atom stereocenters. The Morgan fingerprint density at radius 2 is 1.97 bits per heavy atom. The van der Waals surface area contributed by atoms with Gasteiger partial charge in [-0.25, -0.2) is 18.9 Å². The maximum absolute atomic E-state index is 12.7. The number of hydrogen-bond acceptors (Lipinski definition) is 6. The summed E-state index contributed by atoms with van der Waals surface area (Å²) >= 11 is 1.44. The highest BCUT2D eigenvalue weighted by atomic mass is 32.2. The van der Waals surface area contributed by atoms with Gasteiger partial charge in [0.1, 0.15) is 11.6 Å². The van der Waals surface area contributed by atoms with Gasteiger partial charge in [-0.05, 0) is 42.3 Å². The number of carbonyl (C=O) groups excluding carboxylic acids is 1. The molecule has 8 nitrogen and oxygen atoms in total. The molecular formula is C22H18N6O2S. The fraction of sp³-hybridized carbons (Fsp3) is 0.136. The number of nitrogens with zero attached hydrogens (tertiary/aromatic N) is 5. The van der Waals surface area contributed by atoms with Gasteiger partial charge in [0.2, 0.25) is 5.91 Å². The van der Waals surface area contributed by atoms with E-state index in [0.717, 1.165) is 16.0 Å². The molecule has 1 N–H and O–H groups in total. The van der Waals surface area contributed by atoms with Crippen LogP contribution in [0.4, 0.5) is 5.69 Å². The molecule has 1 amide bonds. The monoisotopic (exact) mass is 430 g/mol. The van der Waals surface area contributed by atoms with E-state index in [9.17, 15) is 9.59 Å². The van der Waals surface area contributed by atoms with Crippen LogP contribution < -0.4 is 11.0 Å². The molecule has 2 aromatic carbocycles. The second-order valence-corrected chi connectivity index (χ2v) is 7.70. The van der Waals surface area contributed by atoms with E-state index < -0.39 is 11.6 Å². The largest absolute Gasteiger partial charge is 0.350 e. The normalized spacial score (nSPS) is 10.7. The minimum Gasteiger partial charge on any atom is -0.324 e. The van der Waals surface area contributed by atoms with Crippen molar-refractivity contribution in [1.82, 2.24) is 19.2 Å². The average molecular weight is 430 g/mol. The van der Waals surface area contributed by atoms with Crippen molar-refractivity contribution in [3.05, 3.63) is 82.5 Å². The summed E-state index contributed by atoms with van der Waals surface area (Å²) in [6, 6.07) is 16.5. The molecule has 4 rings (SSSR count). The van der Waals surface area contributed by atoms with Gasteiger partial charge in [0.05, 0.1) is 11.6 Å². The van der Waals surface area contributed by atoms with Gasteiger partial charge >= 0.3 is 5.69 Å². The smallest absolute Gasteiger partial charge is 0.324 e. The third-order valence-electron chi connectivity index (χ3n) is 4.62. The number of anilines is 1. The first-order valence-electron chi connectivity index (χ1n) is 9.59. The fourth-order valence-corrected chi connectivity index (χ4v) is 4.11. The molecule has 0 radical (unpaired) electrons. The number of nitrogens with one attached hydrogen (secondary N) is 1. The second kappa shape index (κ2) is 8.85. The Bertz CT molecular complexity index is 1350. The Labute approximate surface area is 182 Å². The van der Waals surface area contributed by atoms with Crippen LogP contribution in [0.25, 0.3) is 5.65 Å². The van der Waals surface area contributed by atoms with Gasteiger partial charge in [-0.3, -0.25) is 4.79 Å². The lowest BCUT2D eigenvalue weighted by molar-refractivity contribution is -0.117. The number of benzene rings is 2. The van der Waals surface area contributed by atoms with Crippen molar-refractivity contribution in [3.63, 3.8) is 0 Å². The summed E-state index contributed by atoms with van der Waals surface area (Å²) in [5.74, 6) is -0.395. The van der Waals surface area contributed by atoms with Crippen LogP contribution in [-0.4, -0.2) is 25.1 Å². The van der Waals surface area contributed by atoms with Gasteiger partial charge in [0.15, 0.2) is 5.65 Å². The molecule has 0 fully saturated rings. The third-order valence-corrected chi connectivity index (χ3v) is 5.72. The van der Waals surface area contributed by atoms with Gasteiger partial charge in [0.25, 0.3) is 0 Å². The molecule has 0 aliphatic carbocycles.